The zero-order chi connectivity index (χ0) is 19.1. The Morgan fingerprint density at radius 3 is 1.81 bits per heavy atom. The third-order valence-corrected chi connectivity index (χ3v) is 3.65. The summed E-state index contributed by atoms with van der Waals surface area (Å²) in [6, 6.07) is 9.63. The molecule has 0 saturated carbocycles. The van der Waals surface area contributed by atoms with Gasteiger partial charge in [-0.1, -0.05) is 12.1 Å². The van der Waals surface area contributed by atoms with Gasteiger partial charge in [-0.3, -0.25) is 0 Å². The van der Waals surface area contributed by atoms with Crippen LogP contribution in [0.1, 0.15) is 26.3 Å². The van der Waals surface area contributed by atoms with Gasteiger partial charge in [0.25, 0.3) is 0 Å². The van der Waals surface area contributed by atoms with Crippen LogP contribution in [0.3, 0.4) is 0 Å². The molecule has 0 spiro atoms. The molecule has 7 heteroatoms. The second-order valence-electron chi connectivity index (χ2n) is 5.18. The van der Waals surface area contributed by atoms with E-state index in [1.54, 1.807) is 24.3 Å². The van der Waals surface area contributed by atoms with Gasteiger partial charge in [-0.25, -0.2) is 9.59 Å². The smallest absolute Gasteiger partial charge is 0.338 e. The molecule has 0 amide bonds. The van der Waals surface area contributed by atoms with E-state index in [1.807, 2.05) is 0 Å². The van der Waals surface area contributed by atoms with Gasteiger partial charge in [-0.15, -0.1) is 0 Å². The Morgan fingerprint density at radius 1 is 0.769 bits per heavy atom. The van der Waals surface area contributed by atoms with Crippen LogP contribution in [0.15, 0.2) is 36.4 Å². The summed E-state index contributed by atoms with van der Waals surface area (Å²) < 4.78 is 25.6. The molecule has 2 rings (SSSR count). The first-order valence-corrected chi connectivity index (χ1v) is 7.68. The largest absolute Gasteiger partial charge is 0.493 e. The summed E-state index contributed by atoms with van der Waals surface area (Å²) in [6.45, 7) is 0.0525. The summed E-state index contributed by atoms with van der Waals surface area (Å²) in [5.74, 6) is 0.152. The number of carbonyl (C=O) groups is 2. The number of carbonyl (C=O) groups excluding carboxylic acids is 2. The van der Waals surface area contributed by atoms with Crippen LogP contribution >= 0.6 is 0 Å². The second-order valence-corrected chi connectivity index (χ2v) is 5.18. The minimum atomic E-state index is -0.540. The maximum absolute atomic E-state index is 12.3. The highest BCUT2D eigenvalue weighted by molar-refractivity contribution is 5.91. The van der Waals surface area contributed by atoms with E-state index in [0.717, 1.165) is 5.56 Å². The molecule has 138 valence electrons. The lowest BCUT2D eigenvalue weighted by atomic mass is 10.1. The van der Waals surface area contributed by atoms with Crippen molar-refractivity contribution in [3.63, 3.8) is 0 Å². The van der Waals surface area contributed by atoms with Gasteiger partial charge in [0.2, 0.25) is 5.75 Å². The molecule has 0 aromatic heterocycles. The van der Waals surface area contributed by atoms with Crippen LogP contribution in [0.5, 0.6) is 17.2 Å². The van der Waals surface area contributed by atoms with E-state index in [1.165, 1.54) is 40.6 Å². The Labute approximate surface area is 151 Å². The van der Waals surface area contributed by atoms with Crippen LogP contribution in [-0.2, 0) is 16.1 Å². The molecule has 0 bridgehead atoms. The first-order chi connectivity index (χ1) is 12.5. The fourth-order valence-electron chi connectivity index (χ4n) is 2.29. The number of rotatable bonds is 7. The topological polar surface area (TPSA) is 80.3 Å². The molecule has 26 heavy (non-hydrogen) atoms. The van der Waals surface area contributed by atoms with Crippen molar-refractivity contribution in [3.05, 3.63) is 53.1 Å². The quantitative estimate of drug-likeness (QED) is 0.702. The molecule has 0 N–H and O–H groups in total. The summed E-state index contributed by atoms with van der Waals surface area (Å²) in [5, 5.41) is 0. The van der Waals surface area contributed by atoms with Crippen LogP contribution in [0.2, 0.25) is 0 Å². The maximum Gasteiger partial charge on any atom is 0.338 e. The number of ether oxygens (including phenoxy) is 5. The average Bonchev–Trinajstić information content (AvgIpc) is 2.70. The first-order valence-electron chi connectivity index (χ1n) is 7.68. The molecule has 0 saturated heterocycles. The Hall–Kier alpha value is -3.22. The van der Waals surface area contributed by atoms with Crippen molar-refractivity contribution in [2.24, 2.45) is 0 Å². The van der Waals surface area contributed by atoms with Crippen LogP contribution in [0, 0.1) is 0 Å². The van der Waals surface area contributed by atoms with E-state index in [0.29, 0.717) is 22.8 Å². The third-order valence-electron chi connectivity index (χ3n) is 3.65. The minimum absolute atomic E-state index is 0.0525. The van der Waals surface area contributed by atoms with Gasteiger partial charge in [0.1, 0.15) is 6.61 Å². The van der Waals surface area contributed by atoms with Gasteiger partial charge in [0.05, 0.1) is 39.6 Å². The van der Waals surface area contributed by atoms with Crippen LogP contribution in [0.25, 0.3) is 0 Å². The molecular formula is C19H20O7. The molecule has 0 unspecified atom stereocenters. The normalized spacial score (nSPS) is 10.0. The van der Waals surface area contributed by atoms with E-state index >= 15 is 0 Å². The molecule has 0 aliphatic rings. The van der Waals surface area contributed by atoms with Crippen molar-refractivity contribution in [1.29, 1.82) is 0 Å². The Balaban J connectivity index is 2.11. The lowest BCUT2D eigenvalue weighted by Crippen LogP contribution is -2.07. The van der Waals surface area contributed by atoms with Gasteiger partial charge >= 0.3 is 11.9 Å². The van der Waals surface area contributed by atoms with Crippen molar-refractivity contribution in [2.45, 2.75) is 6.61 Å². The van der Waals surface area contributed by atoms with E-state index in [9.17, 15) is 9.59 Å². The molecule has 0 heterocycles. The lowest BCUT2D eigenvalue weighted by Gasteiger charge is -2.13. The van der Waals surface area contributed by atoms with Crippen LogP contribution < -0.4 is 14.2 Å². The standard InChI is InChI=1S/C19H20O7/c1-22-15-9-14(10-16(23-2)17(15)24-3)19(21)26-11-12-5-7-13(8-6-12)18(20)25-4/h5-10H,11H2,1-4H3. The summed E-state index contributed by atoms with van der Waals surface area (Å²) in [5.41, 5.74) is 1.43. The SMILES string of the molecule is COC(=O)c1ccc(COC(=O)c2cc(OC)c(OC)c(OC)c2)cc1. The molecule has 0 fully saturated rings. The first kappa shape index (κ1) is 19.1. The monoisotopic (exact) mass is 360 g/mol. The number of hydrogen-bond acceptors (Lipinski definition) is 7. The van der Waals surface area contributed by atoms with Crippen molar-refractivity contribution < 1.29 is 33.3 Å². The Morgan fingerprint density at radius 2 is 1.35 bits per heavy atom. The molecule has 2 aromatic rings. The predicted octanol–water partition coefficient (Wildman–Crippen LogP) is 2.86. The molecular weight excluding hydrogens is 340 g/mol. The van der Waals surface area contributed by atoms with Gasteiger partial charge in [0, 0.05) is 0 Å². The highest BCUT2D eigenvalue weighted by Gasteiger charge is 2.18. The van der Waals surface area contributed by atoms with Crippen LogP contribution in [-0.4, -0.2) is 40.4 Å². The summed E-state index contributed by atoms with van der Waals surface area (Å²) in [6.07, 6.45) is 0. The molecule has 0 atom stereocenters. The lowest BCUT2D eigenvalue weighted by molar-refractivity contribution is 0.0470. The highest BCUT2D eigenvalue weighted by atomic mass is 16.5. The summed E-state index contributed by atoms with van der Waals surface area (Å²) in [7, 11) is 5.73. The van der Waals surface area contributed by atoms with Crippen LogP contribution in [0.4, 0.5) is 0 Å². The van der Waals surface area contributed by atoms with E-state index in [4.69, 9.17) is 18.9 Å². The zero-order valence-electron chi connectivity index (χ0n) is 15.0. The Bertz CT molecular complexity index is 756. The van der Waals surface area contributed by atoms with Crippen molar-refractivity contribution in [2.75, 3.05) is 28.4 Å². The molecule has 7 nitrogen and oxygen atoms in total. The molecule has 0 radical (unpaired) electrons. The molecule has 0 aliphatic heterocycles. The molecule has 2 aromatic carbocycles. The highest BCUT2D eigenvalue weighted by Crippen LogP contribution is 2.38. The predicted molar refractivity (Wildman–Crippen MR) is 93.0 cm³/mol. The van der Waals surface area contributed by atoms with Gasteiger partial charge < -0.3 is 23.7 Å². The fraction of sp³-hybridized carbons (Fsp3) is 0.263. The number of methoxy groups -OCH3 is 4. The Kier molecular flexibility index (Phi) is 6.43. The summed E-state index contributed by atoms with van der Waals surface area (Å²) in [4.78, 5) is 23.7. The fourth-order valence-corrected chi connectivity index (χ4v) is 2.29. The maximum atomic E-state index is 12.3. The number of hydrogen-bond donors (Lipinski definition) is 0. The summed E-state index contributed by atoms with van der Waals surface area (Å²) >= 11 is 0. The van der Waals surface area contributed by atoms with Crippen molar-refractivity contribution >= 4 is 11.9 Å². The van der Waals surface area contributed by atoms with Gasteiger partial charge in [-0.2, -0.15) is 0 Å². The molecule has 0 aliphatic carbocycles. The van der Waals surface area contributed by atoms with Crippen molar-refractivity contribution in [3.8, 4) is 17.2 Å². The zero-order valence-corrected chi connectivity index (χ0v) is 15.0. The average molecular weight is 360 g/mol. The number of esters is 2. The number of benzene rings is 2. The van der Waals surface area contributed by atoms with Gasteiger partial charge in [-0.05, 0) is 29.8 Å². The second kappa shape index (κ2) is 8.75. The third kappa shape index (κ3) is 4.24. The van der Waals surface area contributed by atoms with Crippen molar-refractivity contribution in [1.82, 2.24) is 0 Å². The minimum Gasteiger partial charge on any atom is -0.493 e. The van der Waals surface area contributed by atoms with E-state index in [-0.39, 0.29) is 12.2 Å². The van der Waals surface area contributed by atoms with Gasteiger partial charge in [0.15, 0.2) is 11.5 Å². The van der Waals surface area contributed by atoms with E-state index in [2.05, 4.69) is 4.74 Å². The van der Waals surface area contributed by atoms with E-state index < -0.39 is 11.9 Å².